The molecule has 0 bridgehead atoms. The summed E-state index contributed by atoms with van der Waals surface area (Å²) in [6.07, 6.45) is 0. The molecule has 0 amide bonds. The Morgan fingerprint density at radius 1 is 1.53 bits per heavy atom. The summed E-state index contributed by atoms with van der Waals surface area (Å²) in [5.74, 6) is 1.18. The second kappa shape index (κ2) is 6.25. The number of carbonyl (C=O) groups is 1. The number of methoxy groups -OCH3 is 1. The van der Waals surface area contributed by atoms with Crippen LogP contribution >= 0.6 is 24.0 Å². The third kappa shape index (κ3) is 3.19. The van der Waals surface area contributed by atoms with E-state index in [9.17, 15) is 4.79 Å². The normalized spacial score (nSPS) is 14.0. The minimum absolute atomic E-state index is 0.146. The lowest BCUT2D eigenvalue weighted by molar-refractivity contribution is -0.141. The van der Waals surface area contributed by atoms with Gasteiger partial charge in [0.15, 0.2) is 0 Å². The summed E-state index contributed by atoms with van der Waals surface area (Å²) in [4.78, 5) is 15.3. The van der Waals surface area contributed by atoms with Gasteiger partial charge >= 0.3 is 5.97 Å². The molecule has 1 aromatic rings. The van der Waals surface area contributed by atoms with Gasteiger partial charge in [0.1, 0.15) is 12.3 Å². The van der Waals surface area contributed by atoms with E-state index in [2.05, 4.69) is 0 Å². The molecule has 0 radical (unpaired) electrons. The summed E-state index contributed by atoms with van der Waals surface area (Å²) in [7, 11) is 1.62. The van der Waals surface area contributed by atoms with E-state index in [1.165, 1.54) is 0 Å². The highest BCUT2D eigenvalue weighted by atomic mass is 32.2. The van der Waals surface area contributed by atoms with Crippen molar-refractivity contribution in [3.63, 3.8) is 0 Å². The first-order valence-corrected chi connectivity index (χ1v) is 7.32. The number of esters is 1. The van der Waals surface area contributed by atoms with Gasteiger partial charge in [0.25, 0.3) is 0 Å². The van der Waals surface area contributed by atoms with E-state index in [0.29, 0.717) is 12.4 Å². The predicted octanol–water partition coefficient (Wildman–Crippen LogP) is 2.50. The van der Waals surface area contributed by atoms with Crippen LogP contribution < -0.4 is 9.64 Å². The van der Waals surface area contributed by atoms with Crippen LogP contribution in [0.15, 0.2) is 23.1 Å². The van der Waals surface area contributed by atoms with Crippen molar-refractivity contribution in [1.29, 1.82) is 0 Å². The molecule has 6 heteroatoms. The molecule has 0 unspecified atom stereocenters. The molecule has 1 heterocycles. The van der Waals surface area contributed by atoms with E-state index in [-0.39, 0.29) is 12.5 Å². The molecule has 4 nitrogen and oxygen atoms in total. The number of anilines is 1. The number of nitrogens with zero attached hydrogens (tertiary/aromatic N) is 1. The Bertz CT molecular complexity index is 505. The summed E-state index contributed by atoms with van der Waals surface area (Å²) in [5, 5.41) is 0. The van der Waals surface area contributed by atoms with Crippen molar-refractivity contribution in [2.75, 3.05) is 30.9 Å². The third-order valence-electron chi connectivity index (χ3n) is 2.70. The van der Waals surface area contributed by atoms with Crippen LogP contribution in [0.1, 0.15) is 6.92 Å². The maximum Gasteiger partial charge on any atom is 0.325 e. The first-order chi connectivity index (χ1) is 9.15. The second-order valence-corrected chi connectivity index (χ2v) is 5.40. The Morgan fingerprint density at radius 2 is 2.32 bits per heavy atom. The molecule has 0 aliphatic carbocycles. The highest BCUT2D eigenvalue weighted by molar-refractivity contribution is 8.01. The van der Waals surface area contributed by atoms with Crippen molar-refractivity contribution in [1.82, 2.24) is 0 Å². The fourth-order valence-corrected chi connectivity index (χ4v) is 3.07. The van der Waals surface area contributed by atoms with Gasteiger partial charge in [0, 0.05) is 16.7 Å². The molecule has 0 spiro atoms. The zero-order chi connectivity index (χ0) is 13.8. The Kier molecular flexibility index (Phi) is 4.66. The molecule has 0 N–H and O–H groups in total. The molecular weight excluding hydrogens is 282 g/mol. The lowest BCUT2D eigenvalue weighted by Crippen LogP contribution is -2.38. The largest absolute Gasteiger partial charge is 0.497 e. The number of thiocarbonyl (C=S) groups is 1. The standard InChI is InChI=1S/C13H15NO3S2/c1-3-17-13(15)7-14-10-6-9(16-2)4-5-11(10)19-8-12(14)18/h4-6H,3,7-8H2,1-2H3. The summed E-state index contributed by atoms with van der Waals surface area (Å²) in [5.41, 5.74) is 0.911. The smallest absolute Gasteiger partial charge is 0.325 e. The average Bonchev–Trinajstić information content (AvgIpc) is 2.42. The summed E-state index contributed by atoms with van der Waals surface area (Å²) >= 11 is 7.01. The van der Waals surface area contributed by atoms with E-state index in [4.69, 9.17) is 21.7 Å². The fraction of sp³-hybridized carbons (Fsp3) is 0.385. The third-order valence-corrected chi connectivity index (χ3v) is 4.32. The van der Waals surface area contributed by atoms with Crippen LogP contribution in [0, 0.1) is 0 Å². The van der Waals surface area contributed by atoms with Gasteiger partial charge in [-0.05, 0) is 19.1 Å². The highest BCUT2D eigenvalue weighted by Crippen LogP contribution is 2.38. The maximum atomic E-state index is 11.7. The van der Waals surface area contributed by atoms with Crippen molar-refractivity contribution in [3.05, 3.63) is 18.2 Å². The number of carbonyl (C=O) groups excluding carboxylic acids is 1. The first-order valence-electron chi connectivity index (χ1n) is 5.92. The number of fused-ring (bicyclic) bond motifs is 1. The van der Waals surface area contributed by atoms with Crippen molar-refractivity contribution in [3.8, 4) is 5.75 Å². The van der Waals surface area contributed by atoms with Crippen LogP contribution in [-0.2, 0) is 9.53 Å². The molecule has 1 aliphatic heterocycles. The Labute approximate surface area is 122 Å². The highest BCUT2D eigenvalue weighted by Gasteiger charge is 2.24. The molecule has 0 fully saturated rings. The first kappa shape index (κ1) is 14.1. The molecule has 2 rings (SSSR count). The van der Waals surface area contributed by atoms with Gasteiger partial charge < -0.3 is 14.4 Å². The van der Waals surface area contributed by atoms with Crippen LogP contribution in [-0.4, -0.2) is 37.0 Å². The number of hydrogen-bond donors (Lipinski definition) is 0. The van der Waals surface area contributed by atoms with E-state index in [1.807, 2.05) is 23.1 Å². The molecule has 0 atom stereocenters. The topological polar surface area (TPSA) is 38.8 Å². The van der Waals surface area contributed by atoms with Gasteiger partial charge in [0.2, 0.25) is 0 Å². The number of thioether (sulfide) groups is 1. The zero-order valence-electron chi connectivity index (χ0n) is 10.8. The van der Waals surface area contributed by atoms with Crippen molar-refractivity contribution >= 4 is 40.6 Å². The monoisotopic (exact) mass is 297 g/mol. The molecule has 1 aromatic carbocycles. The molecule has 0 aromatic heterocycles. The van der Waals surface area contributed by atoms with E-state index >= 15 is 0 Å². The summed E-state index contributed by atoms with van der Waals surface area (Å²) < 4.78 is 10.2. The van der Waals surface area contributed by atoms with Gasteiger partial charge in [-0.25, -0.2) is 0 Å². The van der Waals surface area contributed by atoms with Crippen LogP contribution in [0.4, 0.5) is 5.69 Å². The number of hydrogen-bond acceptors (Lipinski definition) is 5. The fourth-order valence-electron chi connectivity index (χ4n) is 1.82. The van der Waals surface area contributed by atoms with Crippen molar-refractivity contribution < 1.29 is 14.3 Å². The van der Waals surface area contributed by atoms with Crippen LogP contribution in [0.3, 0.4) is 0 Å². The Hall–Kier alpha value is -1.27. The minimum Gasteiger partial charge on any atom is -0.497 e. The number of ether oxygens (including phenoxy) is 2. The van der Waals surface area contributed by atoms with Crippen LogP contribution in [0.2, 0.25) is 0 Å². The lowest BCUT2D eigenvalue weighted by Gasteiger charge is -2.30. The molecule has 1 aliphatic rings. The number of rotatable bonds is 4. The summed E-state index contributed by atoms with van der Waals surface area (Å²) in [6.45, 7) is 2.31. The quantitative estimate of drug-likeness (QED) is 0.628. The minimum atomic E-state index is -0.273. The van der Waals surface area contributed by atoms with E-state index in [1.54, 1.807) is 25.8 Å². The lowest BCUT2D eigenvalue weighted by atomic mass is 10.2. The summed E-state index contributed by atoms with van der Waals surface area (Å²) in [6, 6.07) is 5.79. The van der Waals surface area contributed by atoms with Gasteiger partial charge in [-0.3, -0.25) is 4.79 Å². The van der Waals surface area contributed by atoms with Gasteiger partial charge in [-0.15, -0.1) is 11.8 Å². The molecule has 0 saturated carbocycles. The SMILES string of the molecule is CCOC(=O)CN1C(=S)CSc2ccc(OC)cc21. The van der Waals surface area contributed by atoms with Gasteiger partial charge in [-0.1, -0.05) is 12.2 Å². The Balaban J connectivity index is 2.28. The molecular formula is C13H15NO3S2. The molecule has 102 valence electrons. The van der Waals surface area contributed by atoms with Gasteiger partial charge in [-0.2, -0.15) is 0 Å². The zero-order valence-corrected chi connectivity index (χ0v) is 12.5. The average molecular weight is 297 g/mol. The van der Waals surface area contributed by atoms with Gasteiger partial charge in [0.05, 0.1) is 24.4 Å². The maximum absolute atomic E-state index is 11.7. The predicted molar refractivity (Wildman–Crippen MR) is 80.3 cm³/mol. The van der Waals surface area contributed by atoms with Crippen molar-refractivity contribution in [2.24, 2.45) is 0 Å². The van der Waals surface area contributed by atoms with Crippen LogP contribution in [0.25, 0.3) is 0 Å². The molecule has 0 saturated heterocycles. The van der Waals surface area contributed by atoms with Crippen molar-refractivity contribution in [2.45, 2.75) is 11.8 Å². The van der Waals surface area contributed by atoms with E-state index in [0.717, 1.165) is 21.3 Å². The molecule has 19 heavy (non-hydrogen) atoms. The Morgan fingerprint density at radius 3 is 3.00 bits per heavy atom. The number of benzene rings is 1. The second-order valence-electron chi connectivity index (χ2n) is 3.91. The van der Waals surface area contributed by atoms with Crippen LogP contribution in [0.5, 0.6) is 5.75 Å². The van der Waals surface area contributed by atoms with E-state index < -0.39 is 0 Å².